The molecule has 3 aromatic rings. The average molecular weight is 462 g/mol. The third-order valence-corrected chi connectivity index (χ3v) is 5.52. The molecule has 0 bridgehead atoms. The van der Waals surface area contributed by atoms with E-state index >= 15 is 0 Å². The Kier molecular flexibility index (Phi) is 5.51. The zero-order valence-electron chi connectivity index (χ0n) is 16.7. The van der Waals surface area contributed by atoms with Gasteiger partial charge in [0.15, 0.2) is 5.82 Å². The Balaban J connectivity index is 1.68. The lowest BCUT2D eigenvalue weighted by atomic mass is 10.0. The molecule has 6 nitrogen and oxygen atoms in total. The highest BCUT2D eigenvalue weighted by Crippen LogP contribution is 2.38. The molecule has 1 N–H and O–H groups in total. The van der Waals surface area contributed by atoms with Crippen molar-refractivity contribution in [2.24, 2.45) is 5.92 Å². The summed E-state index contributed by atoms with van der Waals surface area (Å²) in [7, 11) is 0. The molecule has 0 saturated heterocycles. The molecular formula is C23H20BrN5O. The van der Waals surface area contributed by atoms with Gasteiger partial charge in [0.1, 0.15) is 6.07 Å². The summed E-state index contributed by atoms with van der Waals surface area (Å²) in [5.41, 5.74) is 8.17. The van der Waals surface area contributed by atoms with E-state index in [4.69, 9.17) is 0 Å². The van der Waals surface area contributed by atoms with Crippen LogP contribution in [-0.4, -0.2) is 22.4 Å². The van der Waals surface area contributed by atoms with E-state index in [9.17, 15) is 10.1 Å². The number of rotatable bonds is 5. The number of carbonyl (C=O) groups is 1. The highest BCUT2D eigenvalue weighted by molar-refractivity contribution is 9.10. The minimum absolute atomic E-state index is 0.0484. The van der Waals surface area contributed by atoms with Gasteiger partial charge in [-0.05, 0) is 56.6 Å². The van der Waals surface area contributed by atoms with Gasteiger partial charge in [-0.25, -0.2) is 4.98 Å². The number of nitrogens with zero attached hydrogens (tertiary/aromatic N) is 4. The maximum absolute atomic E-state index is 13.3. The number of amides is 1. The monoisotopic (exact) mass is 461 g/mol. The molecule has 0 spiro atoms. The van der Waals surface area contributed by atoms with Crippen molar-refractivity contribution >= 4 is 27.7 Å². The van der Waals surface area contributed by atoms with Crippen LogP contribution in [0.1, 0.15) is 41.2 Å². The molecule has 0 atom stereocenters. The van der Waals surface area contributed by atoms with Gasteiger partial charge in [-0.3, -0.25) is 15.2 Å². The number of aromatic nitrogens is 2. The smallest absolute Gasteiger partial charge is 0.267 e. The zero-order chi connectivity index (χ0) is 21.3. The van der Waals surface area contributed by atoms with Crippen molar-refractivity contribution in [1.29, 1.82) is 5.26 Å². The summed E-state index contributed by atoms with van der Waals surface area (Å²) in [4.78, 5) is 21.6. The highest BCUT2D eigenvalue weighted by atomic mass is 79.9. The van der Waals surface area contributed by atoms with E-state index in [2.05, 4.69) is 63.4 Å². The first-order chi connectivity index (χ1) is 14.5. The van der Waals surface area contributed by atoms with Crippen LogP contribution in [0.2, 0.25) is 0 Å². The second-order valence-corrected chi connectivity index (χ2v) is 8.44. The van der Waals surface area contributed by atoms with Crippen LogP contribution in [0, 0.1) is 17.2 Å². The van der Waals surface area contributed by atoms with Gasteiger partial charge >= 0.3 is 0 Å². The molecule has 0 radical (unpaired) electrons. The second kappa shape index (κ2) is 8.25. The van der Waals surface area contributed by atoms with Gasteiger partial charge in [0, 0.05) is 18.3 Å². The third kappa shape index (κ3) is 3.79. The summed E-state index contributed by atoms with van der Waals surface area (Å²) in [5, 5.41) is 10.9. The maximum atomic E-state index is 13.3. The predicted molar refractivity (Wildman–Crippen MR) is 119 cm³/mol. The van der Waals surface area contributed by atoms with E-state index in [1.165, 1.54) is 17.3 Å². The normalized spacial score (nSPS) is 11.6. The number of carbonyl (C=O) groups excluding carboxylic acids is 1. The number of hydrazine groups is 1. The first-order valence-corrected chi connectivity index (χ1v) is 10.5. The largest absolute Gasteiger partial charge is 0.270 e. The summed E-state index contributed by atoms with van der Waals surface area (Å²) in [5.74, 6) is 0.555. The van der Waals surface area contributed by atoms with Crippen molar-refractivity contribution in [3.63, 3.8) is 0 Å². The van der Waals surface area contributed by atoms with E-state index in [0.29, 0.717) is 22.4 Å². The molecule has 1 heterocycles. The number of nitrogens with one attached hydrogen (secondary N) is 1. The number of benzene rings is 2. The van der Waals surface area contributed by atoms with Gasteiger partial charge in [0.25, 0.3) is 5.91 Å². The number of fused-ring (bicyclic) bond motifs is 3. The van der Waals surface area contributed by atoms with E-state index in [1.807, 2.05) is 30.3 Å². The van der Waals surface area contributed by atoms with Crippen molar-refractivity contribution < 1.29 is 4.79 Å². The van der Waals surface area contributed by atoms with Crippen LogP contribution < -0.4 is 10.4 Å². The molecule has 1 aliphatic rings. The molecular weight excluding hydrogens is 442 g/mol. The Morgan fingerprint density at radius 2 is 2.00 bits per heavy atom. The van der Waals surface area contributed by atoms with E-state index in [1.54, 1.807) is 5.01 Å². The number of hydrogen-bond acceptors (Lipinski definition) is 5. The Labute approximate surface area is 183 Å². The fourth-order valence-electron chi connectivity index (χ4n) is 3.70. The number of anilines is 1. The molecule has 150 valence electrons. The third-order valence-electron chi connectivity index (χ3n) is 4.96. The molecule has 1 aliphatic carbocycles. The van der Waals surface area contributed by atoms with Crippen LogP contribution in [0.5, 0.6) is 0 Å². The van der Waals surface area contributed by atoms with Crippen molar-refractivity contribution in [1.82, 2.24) is 15.4 Å². The van der Waals surface area contributed by atoms with Crippen molar-refractivity contribution in [3.05, 3.63) is 75.6 Å². The number of nitriles is 1. The summed E-state index contributed by atoms with van der Waals surface area (Å²) in [6.07, 6.45) is 2.26. The van der Waals surface area contributed by atoms with Gasteiger partial charge < -0.3 is 0 Å². The first kappa shape index (κ1) is 20.0. The van der Waals surface area contributed by atoms with Gasteiger partial charge in [-0.15, -0.1) is 0 Å². The zero-order valence-corrected chi connectivity index (χ0v) is 18.3. The SMILES string of the molecule is CC(C)CN(NC(=O)c1cccc2c1Cc1ccccc1-2)c1nc(C#N)ncc1Br. The Morgan fingerprint density at radius 1 is 1.23 bits per heavy atom. The lowest BCUT2D eigenvalue weighted by Gasteiger charge is -2.27. The molecule has 0 fully saturated rings. The molecule has 7 heteroatoms. The van der Waals surface area contributed by atoms with Gasteiger partial charge in [-0.1, -0.05) is 50.2 Å². The molecule has 0 unspecified atom stereocenters. The van der Waals surface area contributed by atoms with Crippen LogP contribution in [0.4, 0.5) is 5.82 Å². The van der Waals surface area contributed by atoms with Crippen LogP contribution in [0.15, 0.2) is 53.1 Å². The number of hydrogen-bond donors (Lipinski definition) is 1. The molecule has 0 saturated carbocycles. The first-order valence-electron chi connectivity index (χ1n) is 9.69. The lowest BCUT2D eigenvalue weighted by Crippen LogP contribution is -2.45. The molecule has 1 amide bonds. The van der Waals surface area contributed by atoms with Crippen molar-refractivity contribution in [3.8, 4) is 17.2 Å². The standard InChI is InChI=1S/C23H20BrN5O/c1-14(2)13-29(22-20(24)12-26-21(11-25)27-22)28-23(30)18-9-5-8-17-16-7-4-3-6-15(16)10-19(17)18/h3-9,12,14H,10,13H2,1-2H3,(H,28,30). The van der Waals surface area contributed by atoms with Gasteiger partial charge in [0.2, 0.25) is 5.82 Å². The topological polar surface area (TPSA) is 81.9 Å². The van der Waals surface area contributed by atoms with Crippen LogP contribution in [-0.2, 0) is 6.42 Å². The van der Waals surface area contributed by atoms with Crippen molar-refractivity contribution in [2.75, 3.05) is 11.6 Å². The summed E-state index contributed by atoms with van der Waals surface area (Å²) < 4.78 is 0.605. The fourth-order valence-corrected chi connectivity index (χ4v) is 4.11. The van der Waals surface area contributed by atoms with Crippen LogP contribution in [0.3, 0.4) is 0 Å². The summed E-state index contributed by atoms with van der Waals surface area (Å²) >= 11 is 3.44. The maximum Gasteiger partial charge on any atom is 0.270 e. The highest BCUT2D eigenvalue weighted by Gasteiger charge is 2.25. The minimum atomic E-state index is -0.204. The second-order valence-electron chi connectivity index (χ2n) is 7.59. The Hall–Kier alpha value is -3.24. The average Bonchev–Trinajstić information content (AvgIpc) is 3.12. The summed E-state index contributed by atoms with van der Waals surface area (Å²) in [6.45, 7) is 4.63. The molecule has 4 rings (SSSR count). The lowest BCUT2D eigenvalue weighted by molar-refractivity contribution is 0.0946. The van der Waals surface area contributed by atoms with Crippen LogP contribution >= 0.6 is 15.9 Å². The molecule has 30 heavy (non-hydrogen) atoms. The predicted octanol–water partition coefficient (Wildman–Crippen LogP) is 4.49. The molecule has 0 aliphatic heterocycles. The molecule has 1 aromatic heterocycles. The van der Waals surface area contributed by atoms with Gasteiger partial charge in [-0.2, -0.15) is 10.2 Å². The van der Waals surface area contributed by atoms with Crippen LogP contribution in [0.25, 0.3) is 11.1 Å². The van der Waals surface area contributed by atoms with E-state index in [-0.39, 0.29) is 17.6 Å². The number of halogens is 1. The summed E-state index contributed by atoms with van der Waals surface area (Å²) in [6, 6.07) is 16.0. The molecule has 2 aromatic carbocycles. The quantitative estimate of drug-likeness (QED) is 0.442. The Bertz CT molecular complexity index is 1170. The Morgan fingerprint density at radius 3 is 2.77 bits per heavy atom. The van der Waals surface area contributed by atoms with Crippen molar-refractivity contribution in [2.45, 2.75) is 20.3 Å². The van der Waals surface area contributed by atoms with E-state index < -0.39 is 0 Å². The fraction of sp³-hybridized carbons (Fsp3) is 0.217. The van der Waals surface area contributed by atoms with E-state index in [0.717, 1.165) is 17.5 Å². The van der Waals surface area contributed by atoms with Gasteiger partial charge in [0.05, 0.1) is 4.47 Å². The minimum Gasteiger partial charge on any atom is -0.267 e.